The lowest BCUT2D eigenvalue weighted by Gasteiger charge is -2.39. The van der Waals surface area contributed by atoms with E-state index in [1.807, 2.05) is 0 Å². The Balaban J connectivity index is 2.15. The third kappa shape index (κ3) is 3.10. The monoisotopic (exact) mass is 248 g/mol. The second-order valence-corrected chi connectivity index (χ2v) is 5.21. The fourth-order valence-corrected chi connectivity index (χ4v) is 2.91. The molecule has 0 radical (unpaired) electrons. The second-order valence-electron chi connectivity index (χ2n) is 5.21. The molecule has 1 fully saturated rings. The van der Waals surface area contributed by atoms with Gasteiger partial charge in [-0.05, 0) is 31.9 Å². The van der Waals surface area contributed by atoms with Crippen LogP contribution in [-0.4, -0.2) is 37.2 Å². The first kappa shape index (κ1) is 13.5. The van der Waals surface area contributed by atoms with Crippen LogP contribution in [0.15, 0.2) is 30.3 Å². The molecule has 18 heavy (non-hydrogen) atoms. The minimum Gasteiger partial charge on any atom is -0.380 e. The highest BCUT2D eigenvalue weighted by atomic mass is 16.5. The van der Waals surface area contributed by atoms with Gasteiger partial charge in [0.2, 0.25) is 0 Å². The minimum atomic E-state index is 0.128. The Morgan fingerprint density at radius 2 is 2.06 bits per heavy atom. The van der Waals surface area contributed by atoms with Gasteiger partial charge in [-0.3, -0.25) is 4.90 Å². The van der Waals surface area contributed by atoms with Gasteiger partial charge in [-0.1, -0.05) is 30.3 Å². The first-order valence-electron chi connectivity index (χ1n) is 6.79. The average molecular weight is 248 g/mol. The number of methoxy groups -OCH3 is 1. The molecular formula is C15H24N2O. The molecule has 1 heterocycles. The molecule has 0 amide bonds. The smallest absolute Gasteiger partial charge is 0.0698 e. The van der Waals surface area contributed by atoms with Crippen molar-refractivity contribution in [2.24, 2.45) is 5.73 Å². The highest BCUT2D eigenvalue weighted by Gasteiger charge is 2.28. The lowest BCUT2D eigenvalue weighted by molar-refractivity contribution is 0.0103. The largest absolute Gasteiger partial charge is 0.380 e. The number of nitrogens with zero attached hydrogens (tertiary/aromatic N) is 1. The summed E-state index contributed by atoms with van der Waals surface area (Å²) in [6.45, 7) is 4.19. The number of nitrogens with two attached hydrogens (primary N) is 1. The number of likely N-dealkylation sites (tertiary alicyclic amines) is 1. The van der Waals surface area contributed by atoms with E-state index >= 15 is 0 Å². The number of hydrogen-bond donors (Lipinski definition) is 1. The fraction of sp³-hybridized carbons (Fsp3) is 0.600. The Hall–Kier alpha value is -0.900. The van der Waals surface area contributed by atoms with Crippen LogP contribution in [0.1, 0.15) is 31.4 Å². The van der Waals surface area contributed by atoms with Crippen molar-refractivity contribution in [3.05, 3.63) is 35.9 Å². The van der Waals surface area contributed by atoms with Crippen molar-refractivity contribution >= 4 is 0 Å². The second kappa shape index (κ2) is 6.32. The summed E-state index contributed by atoms with van der Waals surface area (Å²) in [5, 5.41) is 0. The van der Waals surface area contributed by atoms with E-state index in [9.17, 15) is 0 Å². The lowest BCUT2D eigenvalue weighted by atomic mass is 9.96. The van der Waals surface area contributed by atoms with Crippen LogP contribution in [0.3, 0.4) is 0 Å². The van der Waals surface area contributed by atoms with Crippen LogP contribution in [0.2, 0.25) is 0 Å². The van der Waals surface area contributed by atoms with Crippen LogP contribution >= 0.6 is 0 Å². The van der Waals surface area contributed by atoms with Crippen molar-refractivity contribution in [3.63, 3.8) is 0 Å². The van der Waals surface area contributed by atoms with E-state index in [-0.39, 0.29) is 6.04 Å². The average Bonchev–Trinajstić information content (AvgIpc) is 2.40. The van der Waals surface area contributed by atoms with Gasteiger partial charge in [0.1, 0.15) is 0 Å². The van der Waals surface area contributed by atoms with Crippen molar-refractivity contribution in [2.75, 3.05) is 20.2 Å². The Bertz CT molecular complexity index is 353. The highest BCUT2D eigenvalue weighted by molar-refractivity contribution is 5.20. The molecule has 3 heteroatoms. The van der Waals surface area contributed by atoms with Crippen molar-refractivity contribution in [3.8, 4) is 0 Å². The Labute approximate surface area is 110 Å². The van der Waals surface area contributed by atoms with E-state index in [0.29, 0.717) is 12.1 Å². The van der Waals surface area contributed by atoms with E-state index in [1.54, 1.807) is 7.11 Å². The molecular weight excluding hydrogens is 224 g/mol. The molecule has 0 spiro atoms. The van der Waals surface area contributed by atoms with Gasteiger partial charge < -0.3 is 10.5 Å². The van der Waals surface area contributed by atoms with E-state index in [2.05, 4.69) is 42.2 Å². The molecule has 1 aromatic carbocycles. The summed E-state index contributed by atoms with van der Waals surface area (Å²) in [6, 6.07) is 11.0. The topological polar surface area (TPSA) is 38.5 Å². The number of piperidine rings is 1. The third-order valence-electron chi connectivity index (χ3n) is 3.78. The SMILES string of the molecule is COC1CCCN(C(c2ccccc2)C(C)N)C1. The minimum absolute atomic E-state index is 0.128. The van der Waals surface area contributed by atoms with Crippen LogP contribution in [0.25, 0.3) is 0 Å². The molecule has 3 atom stereocenters. The standard InChI is InChI=1S/C15H24N2O/c1-12(16)15(13-7-4-3-5-8-13)17-10-6-9-14(11-17)18-2/h3-5,7-8,12,14-15H,6,9-11,16H2,1-2H3. The van der Waals surface area contributed by atoms with Gasteiger partial charge in [-0.25, -0.2) is 0 Å². The molecule has 0 aliphatic carbocycles. The zero-order valence-electron chi connectivity index (χ0n) is 11.4. The van der Waals surface area contributed by atoms with Gasteiger partial charge >= 0.3 is 0 Å². The van der Waals surface area contributed by atoms with Crippen LogP contribution in [0.5, 0.6) is 0 Å². The van der Waals surface area contributed by atoms with E-state index in [1.165, 1.54) is 12.0 Å². The Kier molecular flexibility index (Phi) is 4.75. The molecule has 0 aromatic heterocycles. The zero-order valence-corrected chi connectivity index (χ0v) is 11.4. The summed E-state index contributed by atoms with van der Waals surface area (Å²) in [5.41, 5.74) is 7.51. The molecule has 2 rings (SSSR count). The van der Waals surface area contributed by atoms with E-state index in [4.69, 9.17) is 10.5 Å². The quantitative estimate of drug-likeness (QED) is 0.887. The normalized spacial score (nSPS) is 24.7. The first-order chi connectivity index (χ1) is 8.72. The number of ether oxygens (including phenoxy) is 1. The summed E-state index contributed by atoms with van der Waals surface area (Å²) < 4.78 is 5.50. The van der Waals surface area contributed by atoms with Gasteiger partial charge in [-0.2, -0.15) is 0 Å². The number of hydrogen-bond acceptors (Lipinski definition) is 3. The Morgan fingerprint density at radius 1 is 1.33 bits per heavy atom. The zero-order chi connectivity index (χ0) is 13.0. The molecule has 2 N–H and O–H groups in total. The third-order valence-corrected chi connectivity index (χ3v) is 3.78. The van der Waals surface area contributed by atoms with E-state index in [0.717, 1.165) is 19.5 Å². The van der Waals surface area contributed by atoms with Gasteiger partial charge in [-0.15, -0.1) is 0 Å². The number of rotatable bonds is 4. The predicted octanol–water partition coefficient (Wildman–Crippen LogP) is 2.19. The first-order valence-corrected chi connectivity index (χ1v) is 6.79. The van der Waals surface area contributed by atoms with E-state index < -0.39 is 0 Å². The number of benzene rings is 1. The van der Waals surface area contributed by atoms with Crippen LogP contribution in [0, 0.1) is 0 Å². The van der Waals surface area contributed by atoms with Crippen LogP contribution < -0.4 is 5.73 Å². The summed E-state index contributed by atoms with van der Waals surface area (Å²) in [4.78, 5) is 2.47. The summed E-state index contributed by atoms with van der Waals surface area (Å²) in [6.07, 6.45) is 2.70. The maximum atomic E-state index is 6.20. The molecule has 1 aliphatic heterocycles. The van der Waals surface area contributed by atoms with Crippen molar-refractivity contribution in [1.29, 1.82) is 0 Å². The Morgan fingerprint density at radius 3 is 2.67 bits per heavy atom. The maximum Gasteiger partial charge on any atom is 0.0698 e. The van der Waals surface area contributed by atoms with Crippen LogP contribution in [0.4, 0.5) is 0 Å². The van der Waals surface area contributed by atoms with Crippen LogP contribution in [-0.2, 0) is 4.74 Å². The van der Waals surface area contributed by atoms with Gasteiger partial charge in [0.15, 0.2) is 0 Å². The maximum absolute atomic E-state index is 6.20. The molecule has 0 bridgehead atoms. The van der Waals surface area contributed by atoms with Gasteiger partial charge in [0.25, 0.3) is 0 Å². The van der Waals surface area contributed by atoms with Crippen molar-refractivity contribution in [2.45, 2.75) is 38.0 Å². The molecule has 1 aliphatic rings. The molecule has 1 saturated heterocycles. The van der Waals surface area contributed by atoms with Crippen molar-refractivity contribution < 1.29 is 4.74 Å². The summed E-state index contributed by atoms with van der Waals surface area (Å²) >= 11 is 0. The fourth-order valence-electron chi connectivity index (χ4n) is 2.91. The molecule has 3 nitrogen and oxygen atoms in total. The van der Waals surface area contributed by atoms with Crippen molar-refractivity contribution in [1.82, 2.24) is 4.90 Å². The molecule has 1 aromatic rings. The lowest BCUT2D eigenvalue weighted by Crippen LogP contribution is -2.46. The summed E-state index contributed by atoms with van der Waals surface area (Å²) in [5.74, 6) is 0. The van der Waals surface area contributed by atoms with Gasteiger partial charge in [0, 0.05) is 25.7 Å². The van der Waals surface area contributed by atoms with Gasteiger partial charge in [0.05, 0.1) is 6.10 Å². The predicted molar refractivity (Wildman–Crippen MR) is 74.4 cm³/mol. The molecule has 100 valence electrons. The highest BCUT2D eigenvalue weighted by Crippen LogP contribution is 2.27. The molecule has 3 unspecified atom stereocenters. The molecule has 0 saturated carbocycles. The summed E-state index contributed by atoms with van der Waals surface area (Å²) in [7, 11) is 1.80.